The van der Waals surface area contributed by atoms with E-state index in [0.29, 0.717) is 26.2 Å². The van der Waals surface area contributed by atoms with Crippen LogP contribution in [0.5, 0.6) is 0 Å². The highest BCUT2D eigenvalue weighted by Gasteiger charge is 1.95. The third-order valence-corrected chi connectivity index (χ3v) is 4.58. The molecule has 2 heterocycles. The second-order valence-corrected chi connectivity index (χ2v) is 8.02. The molecular weight excluding hydrogens is 438 g/mol. The first kappa shape index (κ1) is 28.0. The van der Waals surface area contributed by atoms with Crippen molar-refractivity contribution in [2.45, 2.75) is 33.9 Å². The molecule has 0 atom stereocenters. The molecule has 0 saturated carbocycles. The molecule has 3 N–H and O–H groups in total. The summed E-state index contributed by atoms with van der Waals surface area (Å²) in [5, 5.41) is 13.1. The summed E-state index contributed by atoms with van der Waals surface area (Å²) < 4.78 is 5.04. The Labute approximate surface area is 199 Å². The first-order chi connectivity index (χ1) is 15.9. The second kappa shape index (κ2) is 17.5. The highest BCUT2D eigenvalue weighted by atomic mass is 32.1. The van der Waals surface area contributed by atoms with Gasteiger partial charge in [0, 0.05) is 12.2 Å². The van der Waals surface area contributed by atoms with Crippen LogP contribution in [0.4, 0.5) is 5.69 Å². The molecule has 3 aromatic rings. The predicted molar refractivity (Wildman–Crippen MR) is 133 cm³/mol. The maximum Gasteiger partial charge on any atom is 0.148 e. The Morgan fingerprint density at radius 3 is 1.94 bits per heavy atom. The van der Waals surface area contributed by atoms with Crippen LogP contribution in [0, 0.1) is 0 Å². The molecule has 2 aromatic heterocycles. The minimum absolute atomic E-state index is 0.136. The molecule has 0 amide bonds. The van der Waals surface area contributed by atoms with Crippen LogP contribution < -0.4 is 16.0 Å². The van der Waals surface area contributed by atoms with Crippen LogP contribution in [-0.2, 0) is 27.5 Å². The first-order valence-electron chi connectivity index (χ1n) is 10.6. The van der Waals surface area contributed by atoms with Gasteiger partial charge in [-0.2, -0.15) is 11.3 Å². The fourth-order valence-electron chi connectivity index (χ4n) is 2.33. The smallest absolute Gasteiger partial charge is 0.148 e. The van der Waals surface area contributed by atoms with Crippen molar-refractivity contribution in [2.24, 2.45) is 0 Å². The molecule has 0 spiro atoms. The molecule has 8 heteroatoms. The van der Waals surface area contributed by atoms with Gasteiger partial charge in [-0.1, -0.05) is 18.2 Å². The number of hydrogen-bond acceptors (Lipinski definition) is 8. The Balaban J connectivity index is 0.000000247. The molecule has 0 radical (unpaired) electrons. The molecule has 3 rings (SSSR count). The Bertz CT molecular complexity index is 860. The Hall–Kier alpha value is -3.07. The summed E-state index contributed by atoms with van der Waals surface area (Å²) >= 11 is 1.67. The van der Waals surface area contributed by atoms with E-state index in [-0.39, 0.29) is 17.3 Å². The molecule has 33 heavy (non-hydrogen) atoms. The standard InChI is InChI=1S/C9H11NO.C8H11NO2.C8H11NOS/c1-8(11)7-10-9-5-3-2-4-6-9;1-7(10)5-9-6-8-3-2-4-11-8;1-7(10)4-9-5-8-2-3-11-6-8/h2-6,10H,7H2,1H3;2-4,9H,5-6H2,1H3;2-3,6,9H,4-5H2,1H3. The van der Waals surface area contributed by atoms with Crippen molar-refractivity contribution in [3.05, 3.63) is 76.9 Å². The van der Waals surface area contributed by atoms with Gasteiger partial charge < -0.3 is 20.4 Å². The monoisotopic (exact) mass is 471 g/mol. The van der Waals surface area contributed by atoms with Gasteiger partial charge in [0.2, 0.25) is 0 Å². The van der Waals surface area contributed by atoms with E-state index in [2.05, 4.69) is 27.4 Å². The molecular formula is C25H33N3O4S. The first-order valence-corrected chi connectivity index (χ1v) is 11.5. The van der Waals surface area contributed by atoms with Crippen molar-refractivity contribution >= 4 is 34.4 Å². The number of benzene rings is 1. The van der Waals surface area contributed by atoms with Crippen LogP contribution >= 0.6 is 11.3 Å². The highest BCUT2D eigenvalue weighted by molar-refractivity contribution is 7.07. The number of carbonyl (C=O) groups excluding carboxylic acids is 3. The number of ketones is 3. The third-order valence-electron chi connectivity index (χ3n) is 3.85. The second-order valence-electron chi connectivity index (χ2n) is 7.24. The molecule has 0 bridgehead atoms. The molecule has 178 valence electrons. The van der Waals surface area contributed by atoms with Crippen LogP contribution in [0.3, 0.4) is 0 Å². The lowest BCUT2D eigenvalue weighted by Crippen LogP contribution is -2.19. The third kappa shape index (κ3) is 16.3. The van der Waals surface area contributed by atoms with Gasteiger partial charge in [-0.05, 0) is 67.4 Å². The van der Waals surface area contributed by atoms with E-state index in [1.807, 2.05) is 47.8 Å². The van der Waals surface area contributed by atoms with Gasteiger partial charge in [-0.3, -0.25) is 14.4 Å². The van der Waals surface area contributed by atoms with Gasteiger partial charge >= 0.3 is 0 Å². The van der Waals surface area contributed by atoms with Crippen LogP contribution in [0.1, 0.15) is 32.1 Å². The van der Waals surface area contributed by atoms with Crippen LogP contribution in [0.15, 0.2) is 70.0 Å². The van der Waals surface area contributed by atoms with Crippen molar-refractivity contribution in [1.82, 2.24) is 10.6 Å². The molecule has 0 aliphatic rings. The molecule has 0 saturated heterocycles. The predicted octanol–water partition coefficient (Wildman–Crippen LogP) is 4.07. The van der Waals surface area contributed by atoms with Crippen molar-refractivity contribution in [1.29, 1.82) is 0 Å². The summed E-state index contributed by atoms with van der Waals surface area (Å²) in [5.41, 5.74) is 2.24. The minimum atomic E-state index is 0.136. The van der Waals surface area contributed by atoms with Crippen molar-refractivity contribution < 1.29 is 18.8 Å². The quantitative estimate of drug-likeness (QED) is 0.387. The number of Topliss-reactive ketones (excluding diaryl/α,β-unsaturated/α-hetero) is 3. The summed E-state index contributed by atoms with van der Waals surface area (Å²) in [4.78, 5) is 31.5. The van der Waals surface area contributed by atoms with E-state index in [0.717, 1.165) is 18.0 Å². The van der Waals surface area contributed by atoms with Crippen LogP contribution in [0.25, 0.3) is 0 Å². The number of hydrogen-bond donors (Lipinski definition) is 3. The lowest BCUT2D eigenvalue weighted by atomic mass is 10.3. The molecule has 7 nitrogen and oxygen atoms in total. The Kier molecular flexibility index (Phi) is 14.8. The molecule has 0 unspecified atom stereocenters. The van der Waals surface area contributed by atoms with Gasteiger partial charge in [0.15, 0.2) is 0 Å². The summed E-state index contributed by atoms with van der Waals surface area (Å²) in [6, 6.07) is 15.4. The van der Waals surface area contributed by atoms with E-state index in [4.69, 9.17) is 4.42 Å². The number of thiophene rings is 1. The van der Waals surface area contributed by atoms with Gasteiger partial charge in [0.05, 0.1) is 32.4 Å². The lowest BCUT2D eigenvalue weighted by molar-refractivity contribution is -0.117. The Morgan fingerprint density at radius 1 is 0.788 bits per heavy atom. The van der Waals surface area contributed by atoms with E-state index in [1.165, 1.54) is 5.56 Å². The van der Waals surface area contributed by atoms with Gasteiger partial charge in [-0.25, -0.2) is 0 Å². The van der Waals surface area contributed by atoms with Crippen LogP contribution in [-0.4, -0.2) is 37.0 Å². The summed E-state index contributed by atoms with van der Waals surface area (Å²) in [6.07, 6.45) is 1.62. The summed E-state index contributed by atoms with van der Waals surface area (Å²) in [5.74, 6) is 1.32. The fraction of sp³-hybridized carbons (Fsp3) is 0.320. The van der Waals surface area contributed by atoms with Crippen molar-refractivity contribution in [2.75, 3.05) is 25.0 Å². The van der Waals surface area contributed by atoms with Crippen molar-refractivity contribution in [3.8, 4) is 0 Å². The number of carbonyl (C=O) groups is 3. The Morgan fingerprint density at radius 2 is 1.42 bits per heavy atom. The average Bonchev–Trinajstić information content (AvgIpc) is 3.48. The van der Waals surface area contributed by atoms with Gasteiger partial charge in [-0.15, -0.1) is 0 Å². The fourth-order valence-corrected chi connectivity index (χ4v) is 3.00. The van der Waals surface area contributed by atoms with E-state index in [9.17, 15) is 14.4 Å². The SMILES string of the molecule is CC(=O)CNCc1ccco1.CC(=O)CNCc1ccsc1.CC(=O)CNc1ccccc1. The number of anilines is 1. The number of furan rings is 1. The van der Waals surface area contributed by atoms with E-state index >= 15 is 0 Å². The van der Waals surface area contributed by atoms with Gasteiger partial charge in [0.1, 0.15) is 23.1 Å². The minimum Gasteiger partial charge on any atom is -0.468 e. The van der Waals surface area contributed by atoms with Gasteiger partial charge in [0.25, 0.3) is 0 Å². The largest absolute Gasteiger partial charge is 0.468 e. The zero-order valence-electron chi connectivity index (χ0n) is 19.4. The molecule has 0 aliphatic carbocycles. The van der Waals surface area contributed by atoms with E-state index < -0.39 is 0 Å². The maximum atomic E-state index is 10.6. The number of nitrogens with one attached hydrogen (secondary N) is 3. The average molecular weight is 472 g/mol. The summed E-state index contributed by atoms with van der Waals surface area (Å²) in [7, 11) is 0. The van der Waals surface area contributed by atoms with Crippen molar-refractivity contribution in [3.63, 3.8) is 0 Å². The topological polar surface area (TPSA) is 100 Å². The number of para-hydroxylation sites is 1. The van der Waals surface area contributed by atoms with Crippen LogP contribution in [0.2, 0.25) is 0 Å². The summed E-state index contributed by atoms with van der Waals surface area (Å²) in [6.45, 7) is 7.39. The maximum absolute atomic E-state index is 10.6. The molecule has 0 aliphatic heterocycles. The highest BCUT2D eigenvalue weighted by Crippen LogP contribution is 2.04. The zero-order valence-corrected chi connectivity index (χ0v) is 20.2. The zero-order chi connectivity index (χ0) is 24.3. The molecule has 1 aromatic carbocycles. The number of rotatable bonds is 11. The van der Waals surface area contributed by atoms with E-state index in [1.54, 1.807) is 38.4 Å². The lowest BCUT2D eigenvalue weighted by Gasteiger charge is -2.01. The molecule has 0 fully saturated rings. The normalized spacial score (nSPS) is 9.67.